The highest BCUT2D eigenvalue weighted by Crippen LogP contribution is 2.13. The molecule has 0 aliphatic carbocycles. The standard InChI is InChI=1S/C15H22O/c1-2-3-4-5-6-7-8-10-14-11-9-12-15(16)13-14/h4-5,9,11-13,16H,2-3,6-8,10H2,1H3. The Morgan fingerprint density at radius 3 is 2.69 bits per heavy atom. The van der Waals surface area contributed by atoms with E-state index in [9.17, 15) is 5.11 Å². The number of benzene rings is 1. The zero-order valence-electron chi connectivity index (χ0n) is 10.2. The van der Waals surface area contributed by atoms with E-state index in [1.54, 1.807) is 6.07 Å². The van der Waals surface area contributed by atoms with Crippen molar-refractivity contribution in [3.05, 3.63) is 42.0 Å². The van der Waals surface area contributed by atoms with Crippen LogP contribution in [0.15, 0.2) is 36.4 Å². The fourth-order valence-corrected chi connectivity index (χ4v) is 1.71. The zero-order valence-corrected chi connectivity index (χ0v) is 10.2. The predicted octanol–water partition coefficient (Wildman–Crippen LogP) is 4.46. The summed E-state index contributed by atoms with van der Waals surface area (Å²) < 4.78 is 0. The van der Waals surface area contributed by atoms with Gasteiger partial charge in [0.2, 0.25) is 0 Å². The van der Waals surface area contributed by atoms with Gasteiger partial charge in [-0.3, -0.25) is 0 Å². The Bertz CT molecular complexity index is 315. The molecule has 0 unspecified atom stereocenters. The molecule has 1 N–H and O–H groups in total. The van der Waals surface area contributed by atoms with Crippen molar-refractivity contribution >= 4 is 0 Å². The summed E-state index contributed by atoms with van der Waals surface area (Å²) >= 11 is 0. The molecule has 0 amide bonds. The first kappa shape index (κ1) is 12.8. The van der Waals surface area contributed by atoms with E-state index in [1.165, 1.54) is 37.7 Å². The SMILES string of the molecule is CCCC=CCCCCc1cccc(O)c1. The van der Waals surface area contributed by atoms with E-state index in [0.717, 1.165) is 6.42 Å². The zero-order chi connectivity index (χ0) is 11.6. The predicted molar refractivity (Wildman–Crippen MR) is 69.7 cm³/mol. The van der Waals surface area contributed by atoms with Gasteiger partial charge in [-0.1, -0.05) is 37.6 Å². The van der Waals surface area contributed by atoms with E-state index in [2.05, 4.69) is 25.1 Å². The van der Waals surface area contributed by atoms with Crippen molar-refractivity contribution in [2.24, 2.45) is 0 Å². The van der Waals surface area contributed by atoms with E-state index in [0.29, 0.717) is 5.75 Å². The molecule has 16 heavy (non-hydrogen) atoms. The first-order valence-electron chi connectivity index (χ1n) is 6.26. The van der Waals surface area contributed by atoms with E-state index in [4.69, 9.17) is 0 Å². The summed E-state index contributed by atoms with van der Waals surface area (Å²) in [6, 6.07) is 7.56. The van der Waals surface area contributed by atoms with Crippen LogP contribution in [0.25, 0.3) is 0 Å². The van der Waals surface area contributed by atoms with Crippen LogP contribution in [0.5, 0.6) is 5.75 Å². The van der Waals surface area contributed by atoms with Crippen molar-refractivity contribution in [3.63, 3.8) is 0 Å². The van der Waals surface area contributed by atoms with Crippen molar-refractivity contribution in [1.82, 2.24) is 0 Å². The van der Waals surface area contributed by atoms with Gasteiger partial charge < -0.3 is 5.11 Å². The average molecular weight is 218 g/mol. The molecule has 1 aromatic rings. The van der Waals surface area contributed by atoms with Gasteiger partial charge in [0.05, 0.1) is 0 Å². The van der Waals surface area contributed by atoms with E-state index < -0.39 is 0 Å². The van der Waals surface area contributed by atoms with Crippen LogP contribution < -0.4 is 0 Å². The minimum absolute atomic E-state index is 0.375. The van der Waals surface area contributed by atoms with Crippen molar-refractivity contribution < 1.29 is 5.11 Å². The Labute approximate surface area is 98.8 Å². The van der Waals surface area contributed by atoms with E-state index in [-0.39, 0.29) is 0 Å². The molecule has 0 aliphatic rings. The molecule has 0 bridgehead atoms. The summed E-state index contributed by atoms with van der Waals surface area (Å²) in [6.07, 6.45) is 11.7. The topological polar surface area (TPSA) is 20.2 Å². The molecule has 1 nitrogen and oxygen atoms in total. The first-order valence-corrected chi connectivity index (χ1v) is 6.26. The Kier molecular flexibility index (Phi) is 6.39. The van der Waals surface area contributed by atoms with Gasteiger partial charge in [0.1, 0.15) is 5.75 Å². The average Bonchev–Trinajstić information content (AvgIpc) is 2.28. The lowest BCUT2D eigenvalue weighted by Gasteiger charge is -2.00. The maximum atomic E-state index is 9.30. The lowest BCUT2D eigenvalue weighted by molar-refractivity contribution is 0.474. The van der Waals surface area contributed by atoms with Crippen LogP contribution in [-0.2, 0) is 6.42 Å². The summed E-state index contributed by atoms with van der Waals surface area (Å²) in [7, 11) is 0. The van der Waals surface area contributed by atoms with Crippen LogP contribution in [0.4, 0.5) is 0 Å². The second kappa shape index (κ2) is 7.98. The number of hydrogen-bond donors (Lipinski definition) is 1. The van der Waals surface area contributed by atoms with Gasteiger partial charge in [-0.15, -0.1) is 0 Å². The fourth-order valence-electron chi connectivity index (χ4n) is 1.71. The largest absolute Gasteiger partial charge is 0.508 e. The Morgan fingerprint density at radius 2 is 1.94 bits per heavy atom. The highest BCUT2D eigenvalue weighted by Gasteiger charge is 1.94. The second-order valence-corrected chi connectivity index (χ2v) is 4.18. The van der Waals surface area contributed by atoms with E-state index in [1.807, 2.05) is 12.1 Å². The van der Waals surface area contributed by atoms with Crippen molar-refractivity contribution in [1.29, 1.82) is 0 Å². The highest BCUT2D eigenvalue weighted by molar-refractivity contribution is 5.27. The van der Waals surface area contributed by atoms with Crippen molar-refractivity contribution in [2.45, 2.75) is 45.4 Å². The number of allylic oxidation sites excluding steroid dienone is 2. The quantitative estimate of drug-likeness (QED) is 0.529. The van der Waals surface area contributed by atoms with Crippen LogP contribution in [0.1, 0.15) is 44.6 Å². The highest BCUT2D eigenvalue weighted by atomic mass is 16.3. The number of unbranched alkanes of at least 4 members (excludes halogenated alkanes) is 3. The first-order chi connectivity index (χ1) is 7.83. The van der Waals surface area contributed by atoms with Gasteiger partial charge in [-0.2, -0.15) is 0 Å². The third-order valence-electron chi connectivity index (χ3n) is 2.62. The Morgan fingerprint density at radius 1 is 1.12 bits per heavy atom. The maximum absolute atomic E-state index is 9.30. The molecule has 1 heteroatoms. The van der Waals surface area contributed by atoms with Gasteiger partial charge in [-0.05, 0) is 49.8 Å². The fraction of sp³-hybridized carbons (Fsp3) is 0.467. The summed E-state index contributed by atoms with van der Waals surface area (Å²) in [5.74, 6) is 0.375. The molecule has 1 aromatic carbocycles. The van der Waals surface area contributed by atoms with E-state index >= 15 is 0 Å². The van der Waals surface area contributed by atoms with Gasteiger partial charge in [0.25, 0.3) is 0 Å². The molecule has 0 atom stereocenters. The minimum atomic E-state index is 0.375. The lowest BCUT2D eigenvalue weighted by Crippen LogP contribution is -1.84. The number of aromatic hydroxyl groups is 1. The normalized spacial score (nSPS) is 11.1. The molecule has 0 saturated heterocycles. The smallest absolute Gasteiger partial charge is 0.115 e. The van der Waals surface area contributed by atoms with Crippen LogP contribution in [0.3, 0.4) is 0 Å². The van der Waals surface area contributed by atoms with Crippen molar-refractivity contribution in [2.75, 3.05) is 0 Å². The molecular weight excluding hydrogens is 196 g/mol. The molecule has 0 saturated carbocycles. The molecule has 0 spiro atoms. The van der Waals surface area contributed by atoms with Crippen LogP contribution in [0, 0.1) is 0 Å². The van der Waals surface area contributed by atoms with Crippen LogP contribution in [-0.4, -0.2) is 5.11 Å². The molecule has 0 fully saturated rings. The molecular formula is C15H22O. The number of phenols is 1. The van der Waals surface area contributed by atoms with Gasteiger partial charge in [-0.25, -0.2) is 0 Å². The third kappa shape index (κ3) is 5.59. The summed E-state index contributed by atoms with van der Waals surface area (Å²) in [6.45, 7) is 2.20. The molecule has 0 radical (unpaired) electrons. The number of aryl methyl sites for hydroxylation is 1. The van der Waals surface area contributed by atoms with Crippen LogP contribution >= 0.6 is 0 Å². The Hall–Kier alpha value is -1.24. The lowest BCUT2D eigenvalue weighted by atomic mass is 10.1. The van der Waals surface area contributed by atoms with Gasteiger partial charge in [0, 0.05) is 0 Å². The molecule has 0 heterocycles. The van der Waals surface area contributed by atoms with Crippen LogP contribution in [0.2, 0.25) is 0 Å². The maximum Gasteiger partial charge on any atom is 0.115 e. The number of rotatable bonds is 7. The van der Waals surface area contributed by atoms with Crippen molar-refractivity contribution in [3.8, 4) is 5.75 Å². The summed E-state index contributed by atoms with van der Waals surface area (Å²) in [5, 5.41) is 9.30. The van der Waals surface area contributed by atoms with Gasteiger partial charge >= 0.3 is 0 Å². The third-order valence-corrected chi connectivity index (χ3v) is 2.62. The molecule has 0 aromatic heterocycles. The second-order valence-electron chi connectivity index (χ2n) is 4.18. The molecule has 88 valence electrons. The molecule has 1 rings (SSSR count). The summed E-state index contributed by atoms with van der Waals surface area (Å²) in [5.41, 5.74) is 1.23. The monoisotopic (exact) mass is 218 g/mol. The minimum Gasteiger partial charge on any atom is -0.508 e. The van der Waals surface area contributed by atoms with Gasteiger partial charge in [0.15, 0.2) is 0 Å². The number of phenolic OH excluding ortho intramolecular Hbond substituents is 1. The Balaban J connectivity index is 2.11. The number of hydrogen-bond acceptors (Lipinski definition) is 1. The molecule has 0 aliphatic heterocycles. The summed E-state index contributed by atoms with van der Waals surface area (Å²) in [4.78, 5) is 0.